The summed E-state index contributed by atoms with van der Waals surface area (Å²) in [6, 6.07) is 0. The summed E-state index contributed by atoms with van der Waals surface area (Å²) in [6.45, 7) is 1.12. The number of esters is 2. The molecule has 1 atom stereocenters. The summed E-state index contributed by atoms with van der Waals surface area (Å²) in [7, 11) is 0. The number of carbonyl (C=O) groups is 2. The van der Waals surface area contributed by atoms with E-state index < -0.39 is 30.4 Å². The summed E-state index contributed by atoms with van der Waals surface area (Å²) < 4.78 is 50.1. The van der Waals surface area contributed by atoms with Gasteiger partial charge in [-0.05, 0) is 77.0 Å². The van der Waals surface area contributed by atoms with Crippen LogP contribution in [0.2, 0.25) is 0 Å². The van der Waals surface area contributed by atoms with Crippen LogP contribution in [0, 0.1) is 0 Å². The number of halogens is 1. The molecule has 0 radical (unpaired) electrons. The first-order valence-corrected chi connectivity index (χ1v) is 18.0. The molecule has 44 heavy (non-hydrogen) atoms. The van der Waals surface area contributed by atoms with Crippen molar-refractivity contribution < 1.29 is 25.9 Å². The van der Waals surface area contributed by atoms with Crippen LogP contribution in [-0.2, 0) is 19.1 Å². The molecule has 5 heteroatoms. The van der Waals surface area contributed by atoms with Crippen molar-refractivity contribution in [1.29, 1.82) is 0 Å². The van der Waals surface area contributed by atoms with Crippen LogP contribution in [0.3, 0.4) is 0 Å². The van der Waals surface area contributed by atoms with Gasteiger partial charge in [0.05, 0.1) is 9.94 Å². The van der Waals surface area contributed by atoms with E-state index >= 15 is 0 Å². The Morgan fingerprint density at radius 1 is 0.591 bits per heavy atom. The third-order valence-electron chi connectivity index (χ3n) is 7.22. The van der Waals surface area contributed by atoms with Crippen molar-refractivity contribution in [3.05, 3.63) is 48.6 Å². The number of hydrogen-bond acceptors (Lipinski definition) is 4. The highest BCUT2D eigenvalue weighted by Crippen LogP contribution is 2.11. The number of unbranched alkanes of at least 4 members (excludes halogenated alkanes) is 16. The number of hydrogen-bond donors (Lipinski definition) is 0. The third kappa shape index (κ3) is 33.1. The van der Waals surface area contributed by atoms with E-state index in [0.717, 1.165) is 89.9 Å². The van der Waals surface area contributed by atoms with Crippen LogP contribution < -0.4 is 0 Å². The van der Waals surface area contributed by atoms with E-state index in [2.05, 4.69) is 62.5 Å². The zero-order chi connectivity index (χ0) is 36.7. The Morgan fingerprint density at radius 3 is 1.41 bits per heavy atom. The monoisotopic (exact) mass is 640 g/mol. The lowest BCUT2D eigenvalue weighted by Crippen LogP contribution is -2.26. The van der Waals surface area contributed by atoms with Gasteiger partial charge in [0.2, 0.25) is 0 Å². The molecule has 0 saturated carbocycles. The molecule has 0 N–H and O–H groups in total. The summed E-state index contributed by atoms with van der Waals surface area (Å²) in [5.41, 5.74) is 0. The summed E-state index contributed by atoms with van der Waals surface area (Å²) >= 11 is 5.72. The molecule has 0 aromatic carbocycles. The Bertz CT molecular complexity index is 962. The van der Waals surface area contributed by atoms with Gasteiger partial charge >= 0.3 is 11.9 Å². The van der Waals surface area contributed by atoms with Gasteiger partial charge in [0.25, 0.3) is 0 Å². The van der Waals surface area contributed by atoms with E-state index in [1.807, 2.05) is 0 Å². The minimum absolute atomic E-state index is 0.0920. The molecule has 0 heterocycles. The summed E-state index contributed by atoms with van der Waals surface area (Å²) in [5, 5.41) is 0. The number of allylic oxidation sites excluding steroid dienone is 8. The normalized spacial score (nSPS) is 15.8. The lowest BCUT2D eigenvalue weighted by molar-refractivity contribution is -0.157. The molecule has 4 nitrogen and oxygen atoms in total. The molecular weight excluding hydrogens is 568 g/mol. The van der Waals surface area contributed by atoms with Crippen LogP contribution >= 0.6 is 11.6 Å². The van der Waals surface area contributed by atoms with Gasteiger partial charge in [-0.25, -0.2) is 0 Å². The molecule has 0 aromatic heterocycles. The van der Waals surface area contributed by atoms with Gasteiger partial charge in [-0.2, -0.15) is 0 Å². The number of ether oxygens (including phenoxy) is 2. The molecule has 0 spiro atoms. The third-order valence-corrected chi connectivity index (χ3v) is 7.39. The van der Waals surface area contributed by atoms with Crippen molar-refractivity contribution in [3.63, 3.8) is 0 Å². The Hall–Kier alpha value is -1.81. The summed E-state index contributed by atoms with van der Waals surface area (Å²) in [4.78, 5) is 24.9. The molecule has 0 bridgehead atoms. The average molecular weight is 640 g/mol. The first-order valence-electron chi connectivity index (χ1n) is 20.1. The summed E-state index contributed by atoms with van der Waals surface area (Å²) in [5.74, 6) is -5.04. The molecule has 0 amide bonds. The second-order valence-corrected chi connectivity index (χ2v) is 11.6. The van der Waals surface area contributed by atoms with Crippen molar-refractivity contribution in [2.45, 2.75) is 174 Å². The minimum atomic E-state index is -3.29. The SMILES string of the molecule is [2H]C([2H])(Cl)[C@]([2H])(OC(=O)CCCCCCC/C=C\C/C=C\CCCCC)C([2H])([2H])OC(=O)CCCCCCC/C=C\C/C=C\CCCCC. The fourth-order valence-electron chi connectivity index (χ4n) is 4.54. The zero-order valence-electron chi connectivity index (χ0n) is 33.1. The lowest BCUT2D eigenvalue weighted by Gasteiger charge is -2.15. The van der Waals surface area contributed by atoms with E-state index in [9.17, 15) is 9.59 Å². The van der Waals surface area contributed by atoms with E-state index in [4.69, 9.17) is 27.9 Å². The number of carbonyl (C=O) groups excluding carboxylic acids is 2. The number of alkyl halides is 1. The maximum atomic E-state index is 12.5. The maximum absolute atomic E-state index is 12.5. The Labute approximate surface area is 284 Å². The number of rotatable bonds is 32. The largest absolute Gasteiger partial charge is 0.462 e. The molecule has 0 unspecified atom stereocenters. The summed E-state index contributed by atoms with van der Waals surface area (Å²) in [6.07, 6.45) is 36.3. The van der Waals surface area contributed by atoms with Crippen molar-refractivity contribution in [2.75, 3.05) is 12.4 Å². The zero-order valence-corrected chi connectivity index (χ0v) is 28.9. The smallest absolute Gasteiger partial charge is 0.306 e. The predicted molar refractivity (Wildman–Crippen MR) is 190 cm³/mol. The van der Waals surface area contributed by atoms with Crippen LogP contribution in [0.25, 0.3) is 0 Å². The van der Waals surface area contributed by atoms with Gasteiger partial charge in [-0.15, -0.1) is 11.6 Å². The molecular formula is C39H67ClO4. The van der Waals surface area contributed by atoms with Crippen molar-refractivity contribution in [3.8, 4) is 0 Å². The van der Waals surface area contributed by atoms with Gasteiger partial charge in [-0.3, -0.25) is 9.59 Å². The highest BCUT2D eigenvalue weighted by Gasteiger charge is 2.16. The average Bonchev–Trinajstić information content (AvgIpc) is 3.03. The van der Waals surface area contributed by atoms with E-state index in [0.29, 0.717) is 12.8 Å². The van der Waals surface area contributed by atoms with Gasteiger partial charge < -0.3 is 9.47 Å². The van der Waals surface area contributed by atoms with Crippen LogP contribution in [0.15, 0.2) is 48.6 Å². The topological polar surface area (TPSA) is 52.6 Å². The first kappa shape index (κ1) is 33.6. The second kappa shape index (κ2) is 35.7. The fourth-order valence-corrected chi connectivity index (χ4v) is 4.62. The first-order chi connectivity index (χ1) is 23.4. The minimum Gasteiger partial charge on any atom is -0.462 e. The molecule has 0 saturated heterocycles. The molecule has 0 aliphatic heterocycles. The Morgan fingerprint density at radius 2 is 0.977 bits per heavy atom. The van der Waals surface area contributed by atoms with Gasteiger partial charge in [0.15, 0.2) is 0 Å². The van der Waals surface area contributed by atoms with Crippen LogP contribution in [0.1, 0.15) is 175 Å². The van der Waals surface area contributed by atoms with Crippen LogP contribution in [-0.4, -0.2) is 30.4 Å². The standard InChI is InChI=1S/C39H67ClO4/c1-3-5-7-9-11-13-15-17-19-21-23-25-27-29-31-33-38(41)43-36-37(35-40)44-39(42)34-32-30-28-26-24-22-20-18-16-14-12-10-8-6-4-2/h11-14,17-20,37H,3-10,15-16,21-36H2,1-2H3/b13-11-,14-12-,19-17-,20-18-/t37-/m0/s1/i35D2,36D2,37D. The quantitative estimate of drug-likeness (QED) is 0.0318. The lowest BCUT2D eigenvalue weighted by atomic mass is 10.1. The van der Waals surface area contributed by atoms with Crippen molar-refractivity contribution in [2.24, 2.45) is 0 Å². The fraction of sp³-hybridized carbons (Fsp3) is 0.744. The van der Waals surface area contributed by atoms with E-state index in [1.54, 1.807) is 0 Å². The molecule has 254 valence electrons. The van der Waals surface area contributed by atoms with Crippen LogP contribution in [0.4, 0.5) is 0 Å². The molecule has 0 rings (SSSR count). The Balaban J connectivity index is 4.30. The molecule has 0 aromatic rings. The highest BCUT2D eigenvalue weighted by atomic mass is 35.5. The Kier molecular flexibility index (Phi) is 27.2. The van der Waals surface area contributed by atoms with Gasteiger partial charge in [0.1, 0.15) is 12.6 Å². The van der Waals surface area contributed by atoms with Gasteiger partial charge in [0, 0.05) is 15.6 Å². The second-order valence-electron chi connectivity index (χ2n) is 11.4. The molecule has 0 aliphatic carbocycles. The van der Waals surface area contributed by atoms with Crippen LogP contribution in [0.5, 0.6) is 0 Å². The van der Waals surface area contributed by atoms with E-state index in [-0.39, 0.29) is 12.8 Å². The van der Waals surface area contributed by atoms with Crippen molar-refractivity contribution >= 4 is 23.5 Å². The molecule has 0 fully saturated rings. The predicted octanol–water partition coefficient (Wildman–Crippen LogP) is 12.3. The maximum Gasteiger partial charge on any atom is 0.306 e. The van der Waals surface area contributed by atoms with Gasteiger partial charge in [-0.1, -0.05) is 127 Å². The van der Waals surface area contributed by atoms with E-state index in [1.165, 1.54) is 38.5 Å². The molecule has 0 aliphatic rings. The van der Waals surface area contributed by atoms with Crippen molar-refractivity contribution in [1.82, 2.24) is 0 Å². The highest BCUT2D eigenvalue weighted by molar-refractivity contribution is 6.18.